The number of aliphatic hydroxyl groups is 1. The molecule has 0 radical (unpaired) electrons. The summed E-state index contributed by atoms with van der Waals surface area (Å²) in [5.74, 6) is -1.58. The standard InChI is InChI=1S/C11H10BrClO4/c1-5(14)9(12)8-4-6(13)2-3-7(8)10(15)11(16)17/h2-4,9-10,15H,1H3,(H,16,17). The fourth-order valence-electron chi connectivity index (χ4n) is 1.37. The SMILES string of the molecule is CC(=O)C(Br)c1cc(Cl)ccc1C(O)C(=O)O. The van der Waals surface area contributed by atoms with Crippen LogP contribution in [0.4, 0.5) is 0 Å². The Hall–Kier alpha value is -0.910. The zero-order chi connectivity index (χ0) is 13.2. The summed E-state index contributed by atoms with van der Waals surface area (Å²) >= 11 is 8.93. The van der Waals surface area contributed by atoms with Crippen LogP contribution in [0.15, 0.2) is 18.2 Å². The van der Waals surface area contributed by atoms with Crippen molar-refractivity contribution in [2.24, 2.45) is 0 Å². The van der Waals surface area contributed by atoms with Gasteiger partial charge in [0.25, 0.3) is 0 Å². The number of aliphatic hydroxyl groups excluding tert-OH is 1. The van der Waals surface area contributed by atoms with E-state index in [0.29, 0.717) is 10.6 Å². The number of carbonyl (C=O) groups excluding carboxylic acids is 1. The molecule has 6 heteroatoms. The van der Waals surface area contributed by atoms with Crippen LogP contribution >= 0.6 is 27.5 Å². The summed E-state index contributed by atoms with van der Waals surface area (Å²) in [7, 11) is 0. The maximum atomic E-state index is 11.3. The van der Waals surface area contributed by atoms with Gasteiger partial charge in [-0.05, 0) is 30.2 Å². The molecule has 1 aromatic rings. The predicted molar refractivity (Wildman–Crippen MR) is 66.4 cm³/mol. The lowest BCUT2D eigenvalue weighted by molar-refractivity contribution is -0.147. The van der Waals surface area contributed by atoms with Crippen molar-refractivity contribution in [3.63, 3.8) is 0 Å². The van der Waals surface area contributed by atoms with Crippen LogP contribution in [0.3, 0.4) is 0 Å². The minimum absolute atomic E-state index is 0.152. The Kier molecular flexibility index (Phi) is 4.68. The van der Waals surface area contributed by atoms with Gasteiger partial charge in [-0.15, -0.1) is 0 Å². The first-order valence-electron chi connectivity index (χ1n) is 4.69. The first-order chi connectivity index (χ1) is 7.84. The highest BCUT2D eigenvalue weighted by Gasteiger charge is 2.24. The third-order valence-corrected chi connectivity index (χ3v) is 3.58. The van der Waals surface area contributed by atoms with Crippen LogP contribution in [-0.4, -0.2) is 22.0 Å². The van der Waals surface area contributed by atoms with Crippen molar-refractivity contribution in [1.29, 1.82) is 0 Å². The highest BCUT2D eigenvalue weighted by atomic mass is 79.9. The zero-order valence-corrected chi connectivity index (χ0v) is 11.2. The van der Waals surface area contributed by atoms with Gasteiger partial charge in [0.1, 0.15) is 5.78 Å². The zero-order valence-electron chi connectivity index (χ0n) is 8.85. The Balaban J connectivity index is 3.30. The lowest BCUT2D eigenvalue weighted by Gasteiger charge is -2.15. The van der Waals surface area contributed by atoms with E-state index in [9.17, 15) is 14.7 Å². The number of hydrogen-bond donors (Lipinski definition) is 2. The highest BCUT2D eigenvalue weighted by molar-refractivity contribution is 9.09. The number of aliphatic carboxylic acids is 1. The van der Waals surface area contributed by atoms with Gasteiger partial charge >= 0.3 is 5.97 Å². The van der Waals surface area contributed by atoms with Gasteiger partial charge in [0.05, 0.1) is 4.83 Å². The number of alkyl halides is 1. The molecule has 4 nitrogen and oxygen atoms in total. The molecule has 2 atom stereocenters. The molecular weight excluding hydrogens is 311 g/mol. The molecule has 92 valence electrons. The molecule has 0 heterocycles. The third-order valence-electron chi connectivity index (χ3n) is 2.21. The van der Waals surface area contributed by atoms with Gasteiger partial charge in [0.2, 0.25) is 0 Å². The van der Waals surface area contributed by atoms with Crippen LogP contribution in [0, 0.1) is 0 Å². The molecule has 2 unspecified atom stereocenters. The molecule has 0 amide bonds. The van der Waals surface area contributed by atoms with Crippen LogP contribution in [-0.2, 0) is 9.59 Å². The van der Waals surface area contributed by atoms with E-state index >= 15 is 0 Å². The molecule has 2 N–H and O–H groups in total. The number of ketones is 1. The van der Waals surface area contributed by atoms with Crippen molar-refractivity contribution in [3.8, 4) is 0 Å². The highest BCUT2D eigenvalue weighted by Crippen LogP contribution is 2.32. The number of carbonyl (C=O) groups is 2. The molecule has 1 rings (SSSR count). The average Bonchev–Trinajstić information content (AvgIpc) is 2.26. The molecule has 0 bridgehead atoms. The van der Waals surface area contributed by atoms with Crippen molar-refractivity contribution in [2.75, 3.05) is 0 Å². The van der Waals surface area contributed by atoms with Gasteiger partial charge in [-0.3, -0.25) is 4.79 Å². The van der Waals surface area contributed by atoms with E-state index in [1.807, 2.05) is 0 Å². The minimum atomic E-state index is -1.68. The Morgan fingerprint density at radius 3 is 2.41 bits per heavy atom. The average molecular weight is 322 g/mol. The quantitative estimate of drug-likeness (QED) is 0.836. The first kappa shape index (κ1) is 14.2. The van der Waals surface area contributed by atoms with E-state index in [1.165, 1.54) is 25.1 Å². The number of carboxylic acid groups (broad SMARTS) is 1. The molecule has 17 heavy (non-hydrogen) atoms. The molecule has 0 saturated carbocycles. The maximum absolute atomic E-state index is 11.3. The summed E-state index contributed by atoms with van der Waals surface area (Å²) in [6, 6.07) is 4.32. The number of halogens is 2. The fraction of sp³-hybridized carbons (Fsp3) is 0.273. The van der Waals surface area contributed by atoms with Gasteiger partial charge in [-0.25, -0.2) is 4.79 Å². The number of benzene rings is 1. The number of carboxylic acids is 1. The predicted octanol–water partition coefficient (Wildman–Crippen LogP) is 2.48. The molecular formula is C11H10BrClO4. The monoisotopic (exact) mass is 320 g/mol. The molecule has 0 fully saturated rings. The second kappa shape index (κ2) is 5.62. The van der Waals surface area contributed by atoms with Gasteiger partial charge in [-0.2, -0.15) is 0 Å². The summed E-state index contributed by atoms with van der Waals surface area (Å²) in [5, 5.41) is 18.7. The number of Topliss-reactive ketones (excluding diaryl/α,β-unsaturated/α-hetero) is 1. The van der Waals surface area contributed by atoms with Crippen molar-refractivity contribution in [1.82, 2.24) is 0 Å². The maximum Gasteiger partial charge on any atom is 0.337 e. The third kappa shape index (κ3) is 3.28. The Bertz CT molecular complexity index is 461. The summed E-state index contributed by atoms with van der Waals surface area (Å²) in [5.41, 5.74) is 0.513. The summed E-state index contributed by atoms with van der Waals surface area (Å²) in [6.45, 7) is 1.36. The minimum Gasteiger partial charge on any atom is -0.479 e. The first-order valence-corrected chi connectivity index (χ1v) is 5.98. The van der Waals surface area contributed by atoms with Crippen LogP contribution in [0.2, 0.25) is 5.02 Å². The molecule has 0 aliphatic heterocycles. The number of rotatable bonds is 4. The Morgan fingerprint density at radius 2 is 1.94 bits per heavy atom. The van der Waals surface area contributed by atoms with Crippen LogP contribution in [0.5, 0.6) is 0 Å². The van der Waals surface area contributed by atoms with Gasteiger partial charge in [-0.1, -0.05) is 33.6 Å². The Labute approximate surface area is 111 Å². The lowest BCUT2D eigenvalue weighted by atomic mass is 9.98. The van der Waals surface area contributed by atoms with Crippen LogP contribution in [0.25, 0.3) is 0 Å². The largest absolute Gasteiger partial charge is 0.479 e. The summed E-state index contributed by atoms with van der Waals surface area (Å²) in [4.78, 5) is 21.3. The van der Waals surface area contributed by atoms with Crippen LogP contribution < -0.4 is 0 Å². The summed E-state index contributed by atoms with van der Waals surface area (Å²) in [6.07, 6.45) is -1.68. The molecule has 1 aromatic carbocycles. The summed E-state index contributed by atoms with van der Waals surface area (Å²) < 4.78 is 0. The van der Waals surface area contributed by atoms with E-state index in [0.717, 1.165) is 0 Å². The smallest absolute Gasteiger partial charge is 0.337 e. The van der Waals surface area contributed by atoms with Crippen molar-refractivity contribution < 1.29 is 19.8 Å². The Morgan fingerprint density at radius 1 is 1.35 bits per heavy atom. The van der Waals surface area contributed by atoms with Crippen molar-refractivity contribution in [2.45, 2.75) is 17.9 Å². The van der Waals surface area contributed by atoms with Gasteiger partial charge in [0, 0.05) is 5.02 Å². The second-order valence-electron chi connectivity index (χ2n) is 3.49. The normalized spacial score (nSPS) is 14.1. The van der Waals surface area contributed by atoms with E-state index in [2.05, 4.69) is 15.9 Å². The van der Waals surface area contributed by atoms with Crippen molar-refractivity contribution >= 4 is 39.3 Å². The van der Waals surface area contributed by atoms with E-state index in [4.69, 9.17) is 16.7 Å². The van der Waals surface area contributed by atoms with Gasteiger partial charge < -0.3 is 10.2 Å². The van der Waals surface area contributed by atoms with Crippen LogP contribution in [0.1, 0.15) is 29.0 Å². The topological polar surface area (TPSA) is 74.6 Å². The lowest BCUT2D eigenvalue weighted by Crippen LogP contribution is -2.15. The molecule has 0 saturated heterocycles. The van der Waals surface area contributed by atoms with Crippen molar-refractivity contribution in [3.05, 3.63) is 34.3 Å². The number of hydrogen-bond acceptors (Lipinski definition) is 3. The van der Waals surface area contributed by atoms with E-state index in [-0.39, 0.29) is 11.3 Å². The van der Waals surface area contributed by atoms with E-state index < -0.39 is 16.9 Å². The van der Waals surface area contributed by atoms with Gasteiger partial charge in [0.15, 0.2) is 6.10 Å². The molecule has 0 aromatic heterocycles. The molecule has 0 aliphatic carbocycles. The fourth-order valence-corrected chi connectivity index (χ4v) is 1.94. The molecule has 0 aliphatic rings. The molecule has 0 spiro atoms. The van der Waals surface area contributed by atoms with E-state index in [1.54, 1.807) is 0 Å². The second-order valence-corrected chi connectivity index (χ2v) is 4.84.